The van der Waals surface area contributed by atoms with Crippen molar-refractivity contribution in [2.24, 2.45) is 0 Å². The van der Waals surface area contributed by atoms with E-state index in [9.17, 15) is 4.39 Å². The summed E-state index contributed by atoms with van der Waals surface area (Å²) in [6, 6.07) is 3.03. The molecule has 0 aromatic carbocycles. The van der Waals surface area contributed by atoms with Gasteiger partial charge in [-0.15, -0.1) is 16.4 Å². The topological polar surface area (TPSA) is 55.1 Å². The molecule has 3 aromatic heterocycles. The van der Waals surface area contributed by atoms with E-state index in [2.05, 4.69) is 27.3 Å². The van der Waals surface area contributed by atoms with E-state index in [1.54, 1.807) is 23.6 Å². The molecule has 5 nitrogen and oxygen atoms in total. The molecule has 7 heteroatoms. The third kappa shape index (κ3) is 2.41. The van der Waals surface area contributed by atoms with Gasteiger partial charge in [0.15, 0.2) is 5.65 Å². The van der Waals surface area contributed by atoms with Crippen LogP contribution in [0.4, 0.5) is 10.3 Å². The van der Waals surface area contributed by atoms with Gasteiger partial charge in [0.2, 0.25) is 5.95 Å². The summed E-state index contributed by atoms with van der Waals surface area (Å²) in [5.41, 5.74) is 0.609. The highest BCUT2D eigenvalue weighted by Gasteiger charge is 2.14. The second-order valence-corrected chi connectivity index (χ2v) is 4.99. The number of fused-ring (bicyclic) bond motifs is 1. The van der Waals surface area contributed by atoms with Crippen LogP contribution in [0.3, 0.4) is 0 Å². The summed E-state index contributed by atoms with van der Waals surface area (Å²) in [7, 11) is 0. The van der Waals surface area contributed by atoms with Crippen LogP contribution < -0.4 is 5.32 Å². The summed E-state index contributed by atoms with van der Waals surface area (Å²) in [5.74, 6) is 0.142. The molecule has 0 aliphatic heterocycles. The Labute approximate surface area is 113 Å². The van der Waals surface area contributed by atoms with Crippen LogP contribution in [-0.2, 0) is 0 Å². The molecule has 0 amide bonds. The molecule has 3 rings (SSSR count). The summed E-state index contributed by atoms with van der Waals surface area (Å²) in [4.78, 5) is 8.59. The number of aromatic nitrogens is 4. The van der Waals surface area contributed by atoms with E-state index in [-0.39, 0.29) is 11.9 Å². The van der Waals surface area contributed by atoms with E-state index in [1.165, 1.54) is 16.8 Å². The third-order valence-electron chi connectivity index (χ3n) is 2.76. The fourth-order valence-electron chi connectivity index (χ4n) is 1.82. The lowest BCUT2D eigenvalue weighted by atomic mass is 10.2. The third-order valence-corrected chi connectivity index (χ3v) is 3.65. The maximum Gasteiger partial charge on any atom is 0.243 e. The average Bonchev–Trinajstić information content (AvgIpc) is 3.04. The predicted octanol–water partition coefficient (Wildman–Crippen LogP) is 2.89. The normalized spacial score (nSPS) is 12.7. The molecule has 3 heterocycles. The zero-order valence-corrected chi connectivity index (χ0v) is 11.1. The van der Waals surface area contributed by atoms with Gasteiger partial charge < -0.3 is 5.32 Å². The van der Waals surface area contributed by atoms with Gasteiger partial charge in [-0.05, 0) is 18.6 Å². The lowest BCUT2D eigenvalue weighted by molar-refractivity contribution is 0.614. The highest BCUT2D eigenvalue weighted by Crippen LogP contribution is 2.22. The first-order valence-corrected chi connectivity index (χ1v) is 6.82. The van der Waals surface area contributed by atoms with E-state index in [0.717, 1.165) is 11.4 Å². The first kappa shape index (κ1) is 12.0. The summed E-state index contributed by atoms with van der Waals surface area (Å²) in [6.07, 6.45) is 3.95. The maximum atomic E-state index is 13.1. The van der Waals surface area contributed by atoms with Crippen molar-refractivity contribution in [3.05, 3.63) is 40.7 Å². The molecular weight excluding hydrogens is 265 g/mol. The Bertz CT molecular complexity index is 679. The van der Waals surface area contributed by atoms with Gasteiger partial charge in [-0.25, -0.2) is 13.9 Å². The van der Waals surface area contributed by atoms with Gasteiger partial charge in [-0.3, -0.25) is 0 Å². The average molecular weight is 277 g/mol. The van der Waals surface area contributed by atoms with Crippen LogP contribution >= 0.6 is 11.3 Å². The van der Waals surface area contributed by atoms with Crippen LogP contribution in [0.2, 0.25) is 0 Å². The summed E-state index contributed by atoms with van der Waals surface area (Å²) in [5, 5.41) is 10.4. The van der Waals surface area contributed by atoms with Gasteiger partial charge in [0.1, 0.15) is 10.8 Å². The van der Waals surface area contributed by atoms with Crippen LogP contribution in [0.1, 0.15) is 24.4 Å². The van der Waals surface area contributed by atoms with Crippen LogP contribution in [0.5, 0.6) is 0 Å². The van der Waals surface area contributed by atoms with Crippen molar-refractivity contribution < 1.29 is 4.39 Å². The molecule has 0 bridgehead atoms. The largest absolute Gasteiger partial charge is 0.344 e. The molecule has 0 saturated carbocycles. The van der Waals surface area contributed by atoms with Crippen LogP contribution in [0.25, 0.3) is 5.65 Å². The smallest absolute Gasteiger partial charge is 0.243 e. The molecule has 1 atom stereocenters. The molecule has 19 heavy (non-hydrogen) atoms. The van der Waals surface area contributed by atoms with Gasteiger partial charge in [-0.1, -0.05) is 6.92 Å². The minimum atomic E-state index is -0.337. The number of anilines is 1. The van der Waals surface area contributed by atoms with Crippen LogP contribution in [0.15, 0.2) is 29.9 Å². The standard InChI is InChI=1S/C12H12FN5S/c1-2-9(11-14-5-6-19-11)15-12-16-10-4-3-8(13)7-18(10)17-12/h3-7,9H,2H2,1H3,(H,15,17). The summed E-state index contributed by atoms with van der Waals surface area (Å²) in [6.45, 7) is 2.06. The van der Waals surface area contributed by atoms with Gasteiger partial charge >= 0.3 is 0 Å². The molecule has 0 radical (unpaired) electrons. The number of nitrogens with zero attached hydrogens (tertiary/aromatic N) is 4. The van der Waals surface area contributed by atoms with Gasteiger partial charge in [0.25, 0.3) is 0 Å². The number of pyridine rings is 1. The number of hydrogen-bond donors (Lipinski definition) is 1. The number of halogens is 1. The fraction of sp³-hybridized carbons (Fsp3) is 0.250. The summed E-state index contributed by atoms with van der Waals surface area (Å²) >= 11 is 1.59. The molecule has 0 saturated heterocycles. The number of hydrogen-bond acceptors (Lipinski definition) is 5. The van der Waals surface area contributed by atoms with Crippen LogP contribution in [-0.4, -0.2) is 19.6 Å². The van der Waals surface area contributed by atoms with E-state index in [1.807, 2.05) is 5.38 Å². The Morgan fingerprint density at radius 2 is 2.37 bits per heavy atom. The van der Waals surface area contributed by atoms with Crippen molar-refractivity contribution in [1.82, 2.24) is 19.6 Å². The van der Waals surface area contributed by atoms with Crippen LogP contribution in [0, 0.1) is 5.82 Å². The lowest BCUT2D eigenvalue weighted by Gasteiger charge is -2.11. The first-order valence-electron chi connectivity index (χ1n) is 5.94. The molecule has 0 fully saturated rings. The quantitative estimate of drug-likeness (QED) is 0.796. The van der Waals surface area contributed by atoms with Crippen molar-refractivity contribution in [1.29, 1.82) is 0 Å². The van der Waals surface area contributed by atoms with Crippen molar-refractivity contribution in [3.8, 4) is 0 Å². The Hall–Kier alpha value is -2.02. The molecule has 0 aliphatic carbocycles. The molecular formula is C12H12FN5S. The number of nitrogens with one attached hydrogen (secondary N) is 1. The second kappa shape index (κ2) is 4.93. The molecule has 3 aromatic rings. The molecule has 0 aliphatic rings. The molecule has 98 valence electrons. The summed E-state index contributed by atoms with van der Waals surface area (Å²) < 4.78 is 14.5. The monoisotopic (exact) mass is 277 g/mol. The molecule has 0 spiro atoms. The first-order chi connectivity index (χ1) is 9.26. The Morgan fingerprint density at radius 1 is 1.47 bits per heavy atom. The Kier molecular flexibility index (Phi) is 3.12. The van der Waals surface area contributed by atoms with Crippen molar-refractivity contribution >= 4 is 22.9 Å². The Balaban J connectivity index is 1.88. The number of thiazole rings is 1. The minimum absolute atomic E-state index is 0.0715. The van der Waals surface area contributed by atoms with E-state index in [0.29, 0.717) is 11.6 Å². The van der Waals surface area contributed by atoms with Crippen molar-refractivity contribution in [3.63, 3.8) is 0 Å². The van der Waals surface area contributed by atoms with E-state index in [4.69, 9.17) is 0 Å². The minimum Gasteiger partial charge on any atom is -0.344 e. The zero-order valence-electron chi connectivity index (χ0n) is 10.2. The predicted molar refractivity (Wildman–Crippen MR) is 71.7 cm³/mol. The second-order valence-electron chi connectivity index (χ2n) is 4.06. The lowest BCUT2D eigenvalue weighted by Crippen LogP contribution is -2.10. The van der Waals surface area contributed by atoms with Crippen molar-refractivity contribution in [2.45, 2.75) is 19.4 Å². The SMILES string of the molecule is CCC(Nc1nc2ccc(F)cn2n1)c1nccs1. The van der Waals surface area contributed by atoms with Crippen molar-refractivity contribution in [2.75, 3.05) is 5.32 Å². The highest BCUT2D eigenvalue weighted by atomic mass is 32.1. The van der Waals surface area contributed by atoms with Gasteiger partial charge in [-0.2, -0.15) is 4.98 Å². The van der Waals surface area contributed by atoms with E-state index < -0.39 is 0 Å². The molecule has 1 N–H and O–H groups in total. The highest BCUT2D eigenvalue weighted by molar-refractivity contribution is 7.09. The zero-order chi connectivity index (χ0) is 13.2. The fourth-order valence-corrected chi connectivity index (χ4v) is 2.59. The Morgan fingerprint density at radius 3 is 3.11 bits per heavy atom. The van der Waals surface area contributed by atoms with E-state index >= 15 is 0 Å². The number of rotatable bonds is 4. The van der Waals surface area contributed by atoms with Gasteiger partial charge in [0, 0.05) is 11.6 Å². The van der Waals surface area contributed by atoms with Gasteiger partial charge in [0.05, 0.1) is 12.2 Å². The maximum absolute atomic E-state index is 13.1. The molecule has 1 unspecified atom stereocenters.